The quantitative estimate of drug-likeness (QED) is 0.372. The van der Waals surface area contributed by atoms with E-state index in [2.05, 4.69) is 25.8 Å². The lowest BCUT2D eigenvalue weighted by Crippen LogP contribution is -2.24. The lowest BCUT2D eigenvalue weighted by molar-refractivity contribution is -0.113. The number of hydrogen-bond acceptors (Lipinski definition) is 7. The van der Waals surface area contributed by atoms with Crippen LogP contribution in [0.4, 0.5) is 5.13 Å². The molecule has 0 spiro atoms. The predicted octanol–water partition coefficient (Wildman–Crippen LogP) is 3.91. The molecule has 33 heavy (non-hydrogen) atoms. The summed E-state index contributed by atoms with van der Waals surface area (Å²) in [6.45, 7) is 2.21. The molecule has 0 aliphatic heterocycles. The zero-order valence-electron chi connectivity index (χ0n) is 18.1. The first kappa shape index (κ1) is 22.7. The van der Waals surface area contributed by atoms with Crippen LogP contribution >= 0.6 is 23.1 Å². The summed E-state index contributed by atoms with van der Waals surface area (Å²) in [5, 5.41) is 17.0. The molecule has 0 unspecified atom stereocenters. The Morgan fingerprint density at radius 2 is 1.82 bits per heavy atom. The maximum Gasteiger partial charge on any atom is 0.251 e. The molecule has 2 aromatic carbocycles. The minimum Gasteiger partial charge on any atom is -0.345 e. The van der Waals surface area contributed by atoms with Gasteiger partial charge in [-0.2, -0.15) is 0 Å². The van der Waals surface area contributed by atoms with Gasteiger partial charge in [-0.05, 0) is 19.1 Å². The van der Waals surface area contributed by atoms with Gasteiger partial charge >= 0.3 is 0 Å². The van der Waals surface area contributed by atoms with Crippen LogP contribution in [0.15, 0.2) is 65.1 Å². The molecular weight excluding hydrogens is 456 g/mol. The molecule has 2 N–H and O–H groups in total. The van der Waals surface area contributed by atoms with Crippen LogP contribution in [0.3, 0.4) is 0 Å². The molecule has 2 heterocycles. The standard InChI is InChI=1S/C23H22N6O2S2/c1-15-8-10-17(11-9-15)21(31)24-12-19-27-28-23(29(19)2)33-14-20(30)26-22-25-18(13-32-22)16-6-4-3-5-7-16/h3-11,13H,12,14H2,1-2H3,(H,24,31)(H,25,26,30). The van der Waals surface area contributed by atoms with Crippen molar-refractivity contribution >= 4 is 40.0 Å². The first-order valence-electron chi connectivity index (χ1n) is 10.2. The molecule has 8 nitrogen and oxygen atoms in total. The van der Waals surface area contributed by atoms with Crippen LogP contribution in [0.1, 0.15) is 21.7 Å². The van der Waals surface area contributed by atoms with Gasteiger partial charge in [0.1, 0.15) is 0 Å². The first-order chi connectivity index (χ1) is 16.0. The molecule has 0 atom stereocenters. The van der Waals surface area contributed by atoms with E-state index < -0.39 is 0 Å². The highest BCUT2D eigenvalue weighted by Gasteiger charge is 2.14. The maximum absolute atomic E-state index is 12.4. The Morgan fingerprint density at radius 1 is 1.06 bits per heavy atom. The number of nitrogens with one attached hydrogen (secondary N) is 2. The second-order valence-electron chi connectivity index (χ2n) is 7.25. The summed E-state index contributed by atoms with van der Waals surface area (Å²) in [4.78, 5) is 29.1. The number of carbonyl (C=O) groups excluding carboxylic acids is 2. The number of aromatic nitrogens is 4. The number of thiazole rings is 1. The summed E-state index contributed by atoms with van der Waals surface area (Å²) in [6, 6.07) is 17.2. The van der Waals surface area contributed by atoms with Gasteiger partial charge in [0.2, 0.25) is 5.91 Å². The van der Waals surface area contributed by atoms with Gasteiger partial charge in [0.15, 0.2) is 16.1 Å². The SMILES string of the molecule is Cc1ccc(C(=O)NCc2nnc(SCC(=O)Nc3nc(-c4ccccc4)cs3)n2C)cc1. The average molecular weight is 479 g/mol. The predicted molar refractivity (Wildman–Crippen MR) is 130 cm³/mol. The largest absolute Gasteiger partial charge is 0.345 e. The van der Waals surface area contributed by atoms with Gasteiger partial charge in [0, 0.05) is 23.6 Å². The molecule has 10 heteroatoms. The van der Waals surface area contributed by atoms with Gasteiger partial charge in [0.25, 0.3) is 5.91 Å². The van der Waals surface area contributed by atoms with Gasteiger partial charge < -0.3 is 15.2 Å². The molecule has 0 radical (unpaired) electrons. The Labute approximate surface area is 199 Å². The van der Waals surface area contributed by atoms with E-state index in [1.54, 1.807) is 23.7 Å². The van der Waals surface area contributed by atoms with Crippen molar-refractivity contribution in [2.45, 2.75) is 18.6 Å². The van der Waals surface area contributed by atoms with E-state index in [0.29, 0.717) is 21.7 Å². The number of benzene rings is 2. The number of anilines is 1. The number of carbonyl (C=O) groups is 2. The van der Waals surface area contributed by atoms with Crippen molar-refractivity contribution in [3.63, 3.8) is 0 Å². The van der Waals surface area contributed by atoms with E-state index in [1.807, 2.05) is 54.8 Å². The highest BCUT2D eigenvalue weighted by atomic mass is 32.2. The number of thioether (sulfide) groups is 1. The van der Waals surface area contributed by atoms with Crippen molar-refractivity contribution in [2.24, 2.45) is 7.05 Å². The molecule has 4 aromatic rings. The zero-order valence-corrected chi connectivity index (χ0v) is 19.7. The second-order valence-corrected chi connectivity index (χ2v) is 9.05. The molecule has 0 aliphatic rings. The highest BCUT2D eigenvalue weighted by Crippen LogP contribution is 2.25. The summed E-state index contributed by atoms with van der Waals surface area (Å²) in [5.74, 6) is 0.420. The van der Waals surface area contributed by atoms with Gasteiger partial charge in [-0.1, -0.05) is 59.8 Å². The van der Waals surface area contributed by atoms with Crippen molar-refractivity contribution < 1.29 is 9.59 Å². The minimum absolute atomic E-state index is 0.169. The fraction of sp³-hybridized carbons (Fsp3) is 0.174. The van der Waals surface area contributed by atoms with Crippen molar-refractivity contribution in [3.8, 4) is 11.3 Å². The van der Waals surface area contributed by atoms with E-state index in [-0.39, 0.29) is 24.1 Å². The van der Waals surface area contributed by atoms with Crippen LogP contribution in [-0.4, -0.2) is 37.3 Å². The summed E-state index contributed by atoms with van der Waals surface area (Å²) < 4.78 is 1.77. The van der Waals surface area contributed by atoms with E-state index in [9.17, 15) is 9.59 Å². The number of nitrogens with zero attached hydrogens (tertiary/aromatic N) is 4. The molecule has 2 aromatic heterocycles. The maximum atomic E-state index is 12.4. The number of aryl methyl sites for hydroxylation is 1. The van der Waals surface area contributed by atoms with Gasteiger partial charge in [0.05, 0.1) is 18.0 Å². The summed E-state index contributed by atoms with van der Waals surface area (Å²) >= 11 is 2.66. The Kier molecular flexibility index (Phi) is 7.16. The fourth-order valence-corrected chi connectivity index (χ4v) is 4.41. The minimum atomic E-state index is -0.176. The third kappa shape index (κ3) is 5.85. The van der Waals surface area contributed by atoms with Crippen LogP contribution < -0.4 is 10.6 Å². The summed E-state index contributed by atoms with van der Waals surface area (Å²) in [7, 11) is 1.81. The van der Waals surface area contributed by atoms with Crippen LogP contribution in [0.25, 0.3) is 11.3 Å². The summed E-state index contributed by atoms with van der Waals surface area (Å²) in [6.07, 6.45) is 0. The topological polar surface area (TPSA) is 102 Å². The number of hydrogen-bond donors (Lipinski definition) is 2. The molecule has 0 fully saturated rings. The van der Waals surface area contributed by atoms with Crippen LogP contribution in [0, 0.1) is 6.92 Å². The molecule has 4 rings (SSSR count). The Balaban J connectivity index is 1.28. The Bertz CT molecular complexity index is 1250. The second kappa shape index (κ2) is 10.4. The molecule has 0 aliphatic carbocycles. The van der Waals surface area contributed by atoms with E-state index >= 15 is 0 Å². The van der Waals surface area contributed by atoms with Crippen LogP contribution in [0.5, 0.6) is 0 Å². The fourth-order valence-electron chi connectivity index (χ4n) is 2.95. The molecular formula is C23H22N6O2S2. The lowest BCUT2D eigenvalue weighted by Gasteiger charge is -2.06. The van der Waals surface area contributed by atoms with Gasteiger partial charge in [-0.15, -0.1) is 21.5 Å². The molecule has 2 amide bonds. The number of rotatable bonds is 8. The third-order valence-electron chi connectivity index (χ3n) is 4.80. The van der Waals surface area contributed by atoms with Gasteiger partial charge in [-0.25, -0.2) is 4.98 Å². The summed E-state index contributed by atoms with van der Waals surface area (Å²) in [5.41, 5.74) is 3.52. The first-order valence-corrected chi connectivity index (χ1v) is 12.0. The molecule has 0 saturated heterocycles. The molecule has 168 valence electrons. The average Bonchev–Trinajstić information content (AvgIpc) is 3.43. The Morgan fingerprint density at radius 3 is 2.58 bits per heavy atom. The smallest absolute Gasteiger partial charge is 0.251 e. The van der Waals surface area contributed by atoms with E-state index in [4.69, 9.17) is 0 Å². The lowest BCUT2D eigenvalue weighted by atomic mass is 10.1. The van der Waals surface area contributed by atoms with E-state index in [0.717, 1.165) is 16.8 Å². The van der Waals surface area contributed by atoms with Crippen LogP contribution in [-0.2, 0) is 18.4 Å². The van der Waals surface area contributed by atoms with Crippen molar-refractivity contribution in [3.05, 3.63) is 76.9 Å². The molecule has 0 bridgehead atoms. The van der Waals surface area contributed by atoms with Gasteiger partial charge in [-0.3, -0.25) is 9.59 Å². The monoisotopic (exact) mass is 478 g/mol. The normalized spacial score (nSPS) is 10.7. The molecule has 0 saturated carbocycles. The third-order valence-corrected chi connectivity index (χ3v) is 6.58. The van der Waals surface area contributed by atoms with Crippen molar-refractivity contribution in [2.75, 3.05) is 11.1 Å². The highest BCUT2D eigenvalue weighted by molar-refractivity contribution is 7.99. The van der Waals surface area contributed by atoms with Crippen LogP contribution in [0.2, 0.25) is 0 Å². The Hall–Kier alpha value is -3.50. The van der Waals surface area contributed by atoms with E-state index in [1.165, 1.54) is 23.1 Å². The van der Waals surface area contributed by atoms with Crippen molar-refractivity contribution in [1.29, 1.82) is 0 Å². The number of amides is 2. The zero-order chi connectivity index (χ0) is 23.2. The van der Waals surface area contributed by atoms with Crippen molar-refractivity contribution in [1.82, 2.24) is 25.1 Å².